The molecule has 0 bridgehead atoms. The van der Waals surface area contributed by atoms with Crippen molar-refractivity contribution >= 4 is 23.0 Å². The van der Waals surface area contributed by atoms with E-state index in [2.05, 4.69) is 24.1 Å². The summed E-state index contributed by atoms with van der Waals surface area (Å²) in [5.41, 5.74) is 0.750. The molecule has 0 aliphatic carbocycles. The molecule has 1 aromatic carbocycles. The molecule has 1 aliphatic rings. The second kappa shape index (κ2) is 5.12. The first kappa shape index (κ1) is 13.1. The lowest BCUT2D eigenvalue weighted by Crippen LogP contribution is -2.99. The van der Waals surface area contributed by atoms with E-state index in [1.54, 1.807) is 12.1 Å². The Bertz CT molecular complexity index is 457. The van der Waals surface area contributed by atoms with E-state index >= 15 is 0 Å². The van der Waals surface area contributed by atoms with Crippen LogP contribution in [0.25, 0.3) is 0 Å². The van der Waals surface area contributed by atoms with Gasteiger partial charge in [-0.3, -0.25) is 10.1 Å². The molecule has 2 N–H and O–H groups in total. The predicted molar refractivity (Wildman–Crippen MR) is 71.2 cm³/mol. The quantitative estimate of drug-likeness (QED) is 0.653. The number of hydrogen-bond donors (Lipinski definition) is 1. The number of anilines is 1. The maximum atomic E-state index is 11.1. The summed E-state index contributed by atoms with van der Waals surface area (Å²) >= 11 is 5.96. The number of benzene rings is 1. The molecule has 0 spiro atoms. The number of quaternary nitrogens is 1. The number of rotatable bonds is 2. The third-order valence-corrected chi connectivity index (χ3v) is 3.38. The van der Waals surface area contributed by atoms with Crippen molar-refractivity contribution in [3.05, 3.63) is 33.3 Å². The topological polar surface area (TPSA) is 63.0 Å². The van der Waals surface area contributed by atoms with Crippen molar-refractivity contribution in [2.24, 2.45) is 0 Å². The molecule has 98 valence electrons. The fraction of sp³-hybridized carbons (Fsp3) is 0.500. The van der Waals surface area contributed by atoms with Crippen molar-refractivity contribution in [3.8, 4) is 0 Å². The summed E-state index contributed by atoms with van der Waals surface area (Å²) in [6.07, 6.45) is 0. The SMILES string of the molecule is C[C@@H]1CN(c2cc(Cl)ccc2[N+](=O)[O-])C[C@@H](C)[NH2+]1. The second-order valence-corrected chi connectivity index (χ2v) is 5.38. The lowest BCUT2D eigenvalue weighted by molar-refractivity contribution is -0.716. The minimum absolute atomic E-state index is 0.126. The van der Waals surface area contributed by atoms with Crippen LogP contribution in [0.3, 0.4) is 0 Å². The highest BCUT2D eigenvalue weighted by atomic mass is 35.5. The van der Waals surface area contributed by atoms with Gasteiger partial charge in [-0.2, -0.15) is 0 Å². The minimum Gasteiger partial charge on any atom is -0.354 e. The van der Waals surface area contributed by atoms with Crippen LogP contribution < -0.4 is 10.2 Å². The number of nitrogens with zero attached hydrogens (tertiary/aromatic N) is 2. The summed E-state index contributed by atoms with van der Waals surface area (Å²) in [5, 5.41) is 13.9. The van der Waals surface area contributed by atoms with E-state index in [1.165, 1.54) is 6.07 Å². The molecule has 2 rings (SSSR count). The number of piperazine rings is 1. The Morgan fingerprint density at radius 2 is 2.00 bits per heavy atom. The van der Waals surface area contributed by atoms with Crippen LogP contribution in [0.4, 0.5) is 11.4 Å². The number of halogens is 1. The molecule has 1 aromatic rings. The van der Waals surface area contributed by atoms with Gasteiger partial charge in [0.05, 0.1) is 18.0 Å². The van der Waals surface area contributed by atoms with E-state index in [9.17, 15) is 10.1 Å². The molecule has 0 amide bonds. The molecule has 6 heteroatoms. The standard InChI is InChI=1S/C12H16ClN3O2/c1-8-6-15(7-9(2)14-8)12-5-10(13)3-4-11(12)16(17)18/h3-5,8-9,14H,6-7H2,1-2H3/p+1/t8-,9-/m1/s1. The average Bonchev–Trinajstić information content (AvgIpc) is 2.27. The van der Waals surface area contributed by atoms with Gasteiger partial charge in [0.25, 0.3) is 5.69 Å². The molecule has 0 saturated carbocycles. The average molecular weight is 271 g/mol. The summed E-state index contributed by atoms with van der Waals surface area (Å²) in [5.74, 6) is 0. The van der Waals surface area contributed by atoms with Gasteiger partial charge in [-0.1, -0.05) is 11.6 Å². The summed E-state index contributed by atoms with van der Waals surface area (Å²) in [7, 11) is 0. The third kappa shape index (κ3) is 2.73. The van der Waals surface area contributed by atoms with Gasteiger partial charge in [-0.05, 0) is 26.0 Å². The first-order valence-electron chi connectivity index (χ1n) is 6.01. The van der Waals surface area contributed by atoms with Crippen molar-refractivity contribution in [2.75, 3.05) is 18.0 Å². The van der Waals surface area contributed by atoms with Crippen LogP contribution >= 0.6 is 11.6 Å². The zero-order valence-electron chi connectivity index (χ0n) is 10.5. The molecule has 18 heavy (non-hydrogen) atoms. The number of nitro groups is 1. The van der Waals surface area contributed by atoms with Crippen LogP contribution in [0.1, 0.15) is 13.8 Å². The van der Waals surface area contributed by atoms with Gasteiger partial charge >= 0.3 is 0 Å². The molecular weight excluding hydrogens is 254 g/mol. The van der Waals surface area contributed by atoms with E-state index in [4.69, 9.17) is 11.6 Å². The predicted octanol–water partition coefficient (Wildman–Crippen LogP) is 1.41. The molecule has 5 nitrogen and oxygen atoms in total. The molecular formula is C12H17ClN3O2+. The zero-order valence-corrected chi connectivity index (χ0v) is 11.2. The van der Waals surface area contributed by atoms with Crippen molar-refractivity contribution in [2.45, 2.75) is 25.9 Å². The molecule has 1 saturated heterocycles. The van der Waals surface area contributed by atoms with E-state index in [0.29, 0.717) is 22.8 Å². The number of nitro benzene ring substituents is 1. The lowest BCUT2D eigenvalue weighted by atomic mass is 10.1. The Hall–Kier alpha value is -1.33. The largest absolute Gasteiger partial charge is 0.354 e. The Morgan fingerprint density at radius 1 is 1.39 bits per heavy atom. The lowest BCUT2D eigenvalue weighted by Gasteiger charge is -2.34. The van der Waals surface area contributed by atoms with Gasteiger partial charge in [0.1, 0.15) is 17.8 Å². The number of hydrogen-bond acceptors (Lipinski definition) is 3. The second-order valence-electron chi connectivity index (χ2n) is 4.94. The van der Waals surface area contributed by atoms with E-state index in [-0.39, 0.29) is 10.6 Å². The van der Waals surface area contributed by atoms with E-state index in [1.807, 2.05) is 0 Å². The van der Waals surface area contributed by atoms with Crippen LogP contribution in [-0.4, -0.2) is 30.1 Å². The molecule has 0 radical (unpaired) electrons. The highest BCUT2D eigenvalue weighted by Crippen LogP contribution is 2.31. The molecule has 1 fully saturated rings. The smallest absolute Gasteiger partial charge is 0.292 e. The van der Waals surface area contributed by atoms with Crippen molar-refractivity contribution in [1.82, 2.24) is 0 Å². The zero-order chi connectivity index (χ0) is 13.3. The van der Waals surface area contributed by atoms with Crippen molar-refractivity contribution in [1.29, 1.82) is 0 Å². The van der Waals surface area contributed by atoms with Gasteiger partial charge in [-0.15, -0.1) is 0 Å². The monoisotopic (exact) mass is 270 g/mol. The fourth-order valence-corrected chi connectivity index (χ4v) is 2.72. The van der Waals surface area contributed by atoms with Crippen LogP contribution in [-0.2, 0) is 0 Å². The fourth-order valence-electron chi connectivity index (χ4n) is 2.55. The highest BCUT2D eigenvalue weighted by Gasteiger charge is 2.28. The van der Waals surface area contributed by atoms with Gasteiger partial charge in [-0.25, -0.2) is 0 Å². The van der Waals surface area contributed by atoms with Crippen molar-refractivity contribution < 1.29 is 10.2 Å². The van der Waals surface area contributed by atoms with Crippen LogP contribution in [0.2, 0.25) is 5.02 Å². The maximum absolute atomic E-state index is 11.1. The summed E-state index contributed by atoms with van der Waals surface area (Å²) in [6, 6.07) is 5.57. The van der Waals surface area contributed by atoms with Crippen LogP contribution in [0.15, 0.2) is 18.2 Å². The summed E-state index contributed by atoms with van der Waals surface area (Å²) < 4.78 is 0. The first-order chi connectivity index (χ1) is 8.47. The summed E-state index contributed by atoms with van der Waals surface area (Å²) in [6.45, 7) is 5.84. The summed E-state index contributed by atoms with van der Waals surface area (Å²) in [4.78, 5) is 12.8. The Morgan fingerprint density at radius 3 is 2.56 bits per heavy atom. The molecule has 2 atom stereocenters. The van der Waals surface area contributed by atoms with Gasteiger partial charge < -0.3 is 10.2 Å². The Labute approximate surface area is 111 Å². The van der Waals surface area contributed by atoms with E-state index in [0.717, 1.165) is 13.1 Å². The third-order valence-electron chi connectivity index (χ3n) is 3.15. The number of nitrogens with two attached hydrogens (primary N) is 1. The Balaban J connectivity index is 2.36. The molecule has 1 aliphatic heterocycles. The van der Waals surface area contributed by atoms with Gasteiger partial charge in [0.15, 0.2) is 0 Å². The minimum atomic E-state index is -0.348. The van der Waals surface area contributed by atoms with Crippen molar-refractivity contribution in [3.63, 3.8) is 0 Å². The van der Waals surface area contributed by atoms with Crippen LogP contribution in [0, 0.1) is 10.1 Å². The molecule has 0 aromatic heterocycles. The molecule has 1 heterocycles. The maximum Gasteiger partial charge on any atom is 0.292 e. The van der Waals surface area contributed by atoms with Gasteiger partial charge in [0.2, 0.25) is 0 Å². The van der Waals surface area contributed by atoms with Crippen LogP contribution in [0.5, 0.6) is 0 Å². The van der Waals surface area contributed by atoms with Gasteiger partial charge in [0, 0.05) is 11.1 Å². The first-order valence-corrected chi connectivity index (χ1v) is 6.39. The highest BCUT2D eigenvalue weighted by molar-refractivity contribution is 6.31. The van der Waals surface area contributed by atoms with E-state index < -0.39 is 0 Å². The Kier molecular flexibility index (Phi) is 3.73. The normalized spacial score (nSPS) is 24.1. The molecule has 0 unspecified atom stereocenters.